The molecule has 0 saturated heterocycles. The fourth-order valence-corrected chi connectivity index (χ4v) is 5.22. The molecule has 2 heteroatoms. The van der Waals surface area contributed by atoms with E-state index in [0.717, 1.165) is 66.5 Å². The lowest BCUT2D eigenvalue weighted by Crippen LogP contribution is -1.96. The molecular weight excluding hydrogens is 464 g/mol. The van der Waals surface area contributed by atoms with Gasteiger partial charge in [-0.05, 0) is 115 Å². The topological polar surface area (TPSA) is 40.5 Å². The van der Waals surface area contributed by atoms with Gasteiger partial charge in [0.25, 0.3) is 0 Å². The monoisotopic (exact) mass is 512 g/mol. The van der Waals surface area contributed by atoms with Crippen LogP contribution in [0.3, 0.4) is 0 Å². The Morgan fingerprint density at radius 2 is 1.21 bits per heavy atom. The van der Waals surface area contributed by atoms with Crippen LogP contribution in [0.25, 0.3) is 21.5 Å². The van der Waals surface area contributed by atoms with Crippen LogP contribution in [0.1, 0.15) is 97.6 Å². The first kappa shape index (κ1) is 29.6. The molecule has 0 bridgehead atoms. The highest BCUT2D eigenvalue weighted by Crippen LogP contribution is 2.42. The van der Waals surface area contributed by atoms with Crippen molar-refractivity contribution in [1.82, 2.24) is 0 Å². The van der Waals surface area contributed by atoms with Crippen molar-refractivity contribution in [1.29, 1.82) is 0 Å². The lowest BCUT2D eigenvalue weighted by Gasteiger charge is -2.13. The fraction of sp³-hybridized carbons (Fsp3) is 0.444. The average molecular weight is 513 g/mol. The molecule has 0 saturated carbocycles. The lowest BCUT2D eigenvalue weighted by molar-refractivity contribution is 0.477. The maximum absolute atomic E-state index is 11.1. The molecule has 0 radical (unpaired) electrons. The summed E-state index contributed by atoms with van der Waals surface area (Å²) in [4.78, 5) is 0. The van der Waals surface area contributed by atoms with Crippen LogP contribution in [0, 0.1) is 5.92 Å². The van der Waals surface area contributed by atoms with Crippen LogP contribution in [0.5, 0.6) is 11.5 Å². The summed E-state index contributed by atoms with van der Waals surface area (Å²) in [6.07, 6.45) is 16.7. The minimum Gasteiger partial charge on any atom is -0.507 e. The Morgan fingerprint density at radius 1 is 0.658 bits per heavy atom. The number of phenolic OH excluding ortho intramolecular Hbond substituents is 2. The third kappa shape index (κ3) is 8.51. The van der Waals surface area contributed by atoms with Gasteiger partial charge in [0.05, 0.1) is 0 Å². The van der Waals surface area contributed by atoms with Gasteiger partial charge in [-0.3, -0.25) is 0 Å². The highest BCUT2D eigenvalue weighted by molar-refractivity contribution is 6.10. The Hall–Kier alpha value is -3.00. The van der Waals surface area contributed by atoms with Crippen molar-refractivity contribution >= 4 is 21.5 Å². The van der Waals surface area contributed by atoms with E-state index in [0.29, 0.717) is 5.92 Å². The summed E-state index contributed by atoms with van der Waals surface area (Å²) >= 11 is 0. The largest absolute Gasteiger partial charge is 0.507 e. The van der Waals surface area contributed by atoms with Crippen molar-refractivity contribution in [2.45, 2.75) is 99.3 Å². The second kappa shape index (κ2) is 14.2. The van der Waals surface area contributed by atoms with Gasteiger partial charge in [-0.15, -0.1) is 0 Å². The predicted molar refractivity (Wildman–Crippen MR) is 166 cm³/mol. The van der Waals surface area contributed by atoms with E-state index in [4.69, 9.17) is 0 Å². The zero-order valence-electron chi connectivity index (χ0n) is 24.5. The highest BCUT2D eigenvalue weighted by atomic mass is 16.3. The van der Waals surface area contributed by atoms with Crippen molar-refractivity contribution in [3.63, 3.8) is 0 Å². The third-order valence-electron chi connectivity index (χ3n) is 7.58. The highest BCUT2D eigenvalue weighted by Gasteiger charge is 2.14. The maximum Gasteiger partial charge on any atom is 0.131 e. The molecular formula is C36H48O2. The molecule has 0 spiro atoms. The maximum atomic E-state index is 11.1. The zero-order chi connectivity index (χ0) is 27.7. The zero-order valence-corrected chi connectivity index (χ0v) is 24.5. The van der Waals surface area contributed by atoms with Crippen LogP contribution < -0.4 is 0 Å². The van der Waals surface area contributed by atoms with Crippen LogP contribution in [-0.2, 0) is 12.8 Å². The standard InChI is InChI=1S/C36H48O2/c1-25(2)11-7-13-27(5)15-9-17-29-19-21-31-33(23-29)35(37)32-22-20-30(24-34(32)36(31)38)18-10-16-28(6)14-8-12-26(3)4/h11-12,15,19-24,28,37-38H,7-10,13-14,16-18H2,1-6H3. The molecule has 2 N–H and O–H groups in total. The molecule has 2 nitrogen and oxygen atoms in total. The molecule has 0 aromatic heterocycles. The van der Waals surface area contributed by atoms with E-state index in [9.17, 15) is 10.2 Å². The molecule has 38 heavy (non-hydrogen) atoms. The quantitative estimate of drug-likeness (QED) is 0.136. The van der Waals surface area contributed by atoms with Crippen LogP contribution in [0.15, 0.2) is 71.3 Å². The second-order valence-corrected chi connectivity index (χ2v) is 11.7. The summed E-state index contributed by atoms with van der Waals surface area (Å²) < 4.78 is 0. The molecule has 1 unspecified atom stereocenters. The predicted octanol–water partition coefficient (Wildman–Crippen LogP) is 10.7. The third-order valence-corrected chi connectivity index (χ3v) is 7.58. The Kier molecular flexibility index (Phi) is 11.1. The van der Waals surface area contributed by atoms with E-state index < -0.39 is 0 Å². The number of fused-ring (bicyclic) bond motifs is 2. The average Bonchev–Trinajstić information content (AvgIpc) is 2.86. The lowest BCUT2D eigenvalue weighted by atomic mass is 9.94. The Morgan fingerprint density at radius 3 is 1.79 bits per heavy atom. The Bertz CT molecular complexity index is 1310. The van der Waals surface area contributed by atoms with E-state index >= 15 is 0 Å². The van der Waals surface area contributed by atoms with E-state index in [1.807, 2.05) is 18.2 Å². The molecule has 3 rings (SSSR count). The van der Waals surface area contributed by atoms with Crippen molar-refractivity contribution in [2.24, 2.45) is 5.92 Å². The normalized spacial score (nSPS) is 12.6. The summed E-state index contributed by atoms with van der Waals surface area (Å²) in [6, 6.07) is 12.2. The van der Waals surface area contributed by atoms with Crippen LogP contribution >= 0.6 is 0 Å². The molecule has 0 aliphatic carbocycles. The SMILES string of the molecule is CC(C)=CCCC(C)=CCCc1ccc2c(O)c3cc(CCCC(C)CCC=C(C)C)ccc3c(O)c2c1. The molecule has 0 fully saturated rings. The summed E-state index contributed by atoms with van der Waals surface area (Å²) in [5.41, 5.74) is 6.58. The van der Waals surface area contributed by atoms with Gasteiger partial charge in [0.2, 0.25) is 0 Å². The molecule has 3 aromatic carbocycles. The number of aromatic hydroxyl groups is 2. The minimum atomic E-state index is 0.266. The Labute approximate surface area is 230 Å². The number of rotatable bonds is 13. The summed E-state index contributed by atoms with van der Waals surface area (Å²) in [7, 11) is 0. The first-order valence-corrected chi connectivity index (χ1v) is 14.5. The van der Waals surface area contributed by atoms with Crippen molar-refractivity contribution in [2.75, 3.05) is 0 Å². The van der Waals surface area contributed by atoms with Crippen molar-refractivity contribution < 1.29 is 10.2 Å². The summed E-state index contributed by atoms with van der Waals surface area (Å²) in [5, 5.41) is 25.2. The molecule has 0 heterocycles. The first-order chi connectivity index (χ1) is 18.2. The number of hydrogen-bond donors (Lipinski definition) is 2. The molecule has 0 amide bonds. The smallest absolute Gasteiger partial charge is 0.131 e. The van der Waals surface area contributed by atoms with E-state index in [1.165, 1.54) is 40.7 Å². The molecule has 204 valence electrons. The van der Waals surface area contributed by atoms with Crippen molar-refractivity contribution in [3.8, 4) is 11.5 Å². The van der Waals surface area contributed by atoms with Gasteiger partial charge < -0.3 is 10.2 Å². The van der Waals surface area contributed by atoms with Crippen LogP contribution in [0.2, 0.25) is 0 Å². The molecule has 0 aliphatic heterocycles. The van der Waals surface area contributed by atoms with Crippen molar-refractivity contribution in [3.05, 3.63) is 82.5 Å². The van der Waals surface area contributed by atoms with E-state index in [1.54, 1.807) is 0 Å². The number of phenols is 2. The molecule has 3 aromatic rings. The van der Waals surface area contributed by atoms with Gasteiger partial charge in [0.1, 0.15) is 11.5 Å². The minimum absolute atomic E-state index is 0.266. The van der Waals surface area contributed by atoms with Gasteiger partial charge >= 0.3 is 0 Å². The van der Waals surface area contributed by atoms with Gasteiger partial charge in [-0.2, -0.15) is 0 Å². The van der Waals surface area contributed by atoms with E-state index in [-0.39, 0.29) is 11.5 Å². The van der Waals surface area contributed by atoms with Gasteiger partial charge in [0, 0.05) is 21.5 Å². The molecule has 0 aliphatic rings. The number of benzene rings is 3. The molecule has 1 atom stereocenters. The van der Waals surface area contributed by atoms with Gasteiger partial charge in [0.15, 0.2) is 0 Å². The number of aryl methyl sites for hydroxylation is 2. The fourth-order valence-electron chi connectivity index (χ4n) is 5.22. The summed E-state index contributed by atoms with van der Waals surface area (Å²) in [6.45, 7) is 13.2. The number of hydrogen-bond acceptors (Lipinski definition) is 2. The second-order valence-electron chi connectivity index (χ2n) is 11.7. The van der Waals surface area contributed by atoms with Crippen LogP contribution in [-0.4, -0.2) is 10.2 Å². The van der Waals surface area contributed by atoms with Crippen LogP contribution in [0.4, 0.5) is 0 Å². The first-order valence-electron chi connectivity index (χ1n) is 14.5. The van der Waals surface area contributed by atoms with E-state index in [2.05, 4.69) is 78.0 Å². The van der Waals surface area contributed by atoms with Gasteiger partial charge in [-0.25, -0.2) is 0 Å². The van der Waals surface area contributed by atoms with Gasteiger partial charge in [-0.1, -0.05) is 72.6 Å². The summed E-state index contributed by atoms with van der Waals surface area (Å²) in [5.74, 6) is 1.25. The number of allylic oxidation sites excluding steroid dienone is 6. The Balaban J connectivity index is 1.69.